The standard InChI is InChI=1S/C11H16ClN3O4/c1-9-13-8-10(15(17)18)14(9)11(16)19-7-5-3-2-4-6-12/h8H,2-7H2,1H3. The van der Waals surface area contributed by atoms with E-state index in [4.69, 9.17) is 16.3 Å². The number of rotatable bonds is 7. The molecule has 1 rings (SSSR count). The zero-order chi connectivity index (χ0) is 14.3. The zero-order valence-corrected chi connectivity index (χ0v) is 11.4. The van der Waals surface area contributed by atoms with Crippen LogP contribution in [0.25, 0.3) is 0 Å². The average molecular weight is 290 g/mol. The summed E-state index contributed by atoms with van der Waals surface area (Å²) in [5, 5.41) is 10.7. The Kier molecular flexibility index (Phi) is 6.27. The fourth-order valence-electron chi connectivity index (χ4n) is 1.56. The van der Waals surface area contributed by atoms with Gasteiger partial charge >= 0.3 is 11.9 Å². The summed E-state index contributed by atoms with van der Waals surface area (Å²) in [6.07, 6.45) is 3.80. The summed E-state index contributed by atoms with van der Waals surface area (Å²) in [6, 6.07) is 0. The molecular weight excluding hydrogens is 274 g/mol. The highest BCUT2D eigenvalue weighted by Crippen LogP contribution is 2.14. The van der Waals surface area contributed by atoms with Gasteiger partial charge in [-0.2, -0.15) is 4.79 Å². The van der Waals surface area contributed by atoms with Gasteiger partial charge in [0, 0.05) is 12.8 Å². The second-order valence-electron chi connectivity index (χ2n) is 3.97. The van der Waals surface area contributed by atoms with Crippen molar-refractivity contribution in [2.75, 3.05) is 12.5 Å². The predicted octanol–water partition coefficient (Wildman–Crippen LogP) is 2.88. The Bertz CT molecular complexity index is 447. The number of aromatic nitrogens is 2. The normalized spacial score (nSPS) is 10.4. The first kappa shape index (κ1) is 15.4. The van der Waals surface area contributed by atoms with Gasteiger partial charge in [0.25, 0.3) is 0 Å². The van der Waals surface area contributed by atoms with Crippen LogP contribution >= 0.6 is 11.6 Å². The van der Waals surface area contributed by atoms with Crippen molar-refractivity contribution in [1.29, 1.82) is 0 Å². The fourth-order valence-corrected chi connectivity index (χ4v) is 1.75. The Morgan fingerprint density at radius 1 is 1.47 bits per heavy atom. The number of nitro groups is 1. The molecule has 0 spiro atoms. The topological polar surface area (TPSA) is 87.3 Å². The number of hydrogen-bond acceptors (Lipinski definition) is 5. The minimum absolute atomic E-state index is 0.232. The van der Waals surface area contributed by atoms with E-state index in [1.807, 2.05) is 0 Å². The van der Waals surface area contributed by atoms with Gasteiger partial charge in [-0.05, 0) is 17.8 Å². The molecule has 0 saturated heterocycles. The van der Waals surface area contributed by atoms with Crippen LogP contribution in [0.1, 0.15) is 31.5 Å². The Hall–Kier alpha value is -1.63. The number of aryl methyl sites for hydroxylation is 1. The van der Waals surface area contributed by atoms with Crippen molar-refractivity contribution in [2.45, 2.75) is 32.6 Å². The van der Waals surface area contributed by atoms with E-state index < -0.39 is 11.0 Å². The van der Waals surface area contributed by atoms with Gasteiger partial charge in [-0.15, -0.1) is 16.2 Å². The zero-order valence-electron chi connectivity index (χ0n) is 10.7. The van der Waals surface area contributed by atoms with Crippen molar-refractivity contribution in [3.8, 4) is 0 Å². The van der Waals surface area contributed by atoms with Crippen LogP contribution in [0.3, 0.4) is 0 Å². The van der Waals surface area contributed by atoms with Crippen molar-refractivity contribution in [3.05, 3.63) is 22.1 Å². The summed E-state index contributed by atoms with van der Waals surface area (Å²) >= 11 is 5.54. The SMILES string of the molecule is Cc1ncc([N+](=O)[O-])n1C(=O)OCCCCCCCl. The van der Waals surface area contributed by atoms with E-state index in [9.17, 15) is 14.9 Å². The van der Waals surface area contributed by atoms with Crippen molar-refractivity contribution in [2.24, 2.45) is 0 Å². The molecule has 0 fully saturated rings. The number of imidazole rings is 1. The van der Waals surface area contributed by atoms with Crippen LogP contribution in [-0.2, 0) is 4.74 Å². The summed E-state index contributed by atoms with van der Waals surface area (Å²) in [6.45, 7) is 1.74. The highest BCUT2D eigenvalue weighted by Gasteiger charge is 2.25. The smallest absolute Gasteiger partial charge is 0.431 e. The van der Waals surface area contributed by atoms with Crippen molar-refractivity contribution >= 4 is 23.5 Å². The molecule has 0 radical (unpaired) electrons. The van der Waals surface area contributed by atoms with Crippen molar-refractivity contribution in [1.82, 2.24) is 9.55 Å². The first-order valence-electron chi connectivity index (χ1n) is 5.99. The third-order valence-electron chi connectivity index (χ3n) is 2.54. The summed E-state index contributed by atoms with van der Waals surface area (Å²) < 4.78 is 5.84. The first-order chi connectivity index (χ1) is 9.07. The van der Waals surface area contributed by atoms with E-state index in [2.05, 4.69) is 4.98 Å². The molecule has 0 aliphatic heterocycles. The Labute approximate surface area is 115 Å². The van der Waals surface area contributed by atoms with Crippen LogP contribution in [0.4, 0.5) is 10.6 Å². The highest BCUT2D eigenvalue weighted by molar-refractivity contribution is 6.17. The second-order valence-corrected chi connectivity index (χ2v) is 4.35. The van der Waals surface area contributed by atoms with E-state index in [1.165, 1.54) is 6.92 Å². The maximum Gasteiger partial charge on any atom is 0.513 e. The van der Waals surface area contributed by atoms with Gasteiger partial charge in [0.05, 0.1) is 6.61 Å². The van der Waals surface area contributed by atoms with Crippen LogP contribution in [0.5, 0.6) is 0 Å². The Morgan fingerprint density at radius 3 is 2.79 bits per heavy atom. The van der Waals surface area contributed by atoms with Gasteiger partial charge < -0.3 is 14.9 Å². The number of hydrogen-bond donors (Lipinski definition) is 0. The van der Waals surface area contributed by atoms with Crippen LogP contribution < -0.4 is 0 Å². The molecule has 0 atom stereocenters. The Balaban J connectivity index is 2.45. The van der Waals surface area contributed by atoms with Gasteiger partial charge in [0.2, 0.25) is 5.82 Å². The number of unbranched alkanes of at least 4 members (excludes halogenated alkanes) is 3. The maximum atomic E-state index is 11.7. The largest absolute Gasteiger partial charge is 0.513 e. The molecule has 19 heavy (non-hydrogen) atoms. The van der Waals surface area contributed by atoms with Crippen LogP contribution in [0, 0.1) is 17.0 Å². The van der Waals surface area contributed by atoms with Gasteiger partial charge in [-0.25, -0.2) is 4.98 Å². The summed E-state index contributed by atoms with van der Waals surface area (Å²) in [5.41, 5.74) is 0. The van der Waals surface area contributed by atoms with E-state index in [0.717, 1.165) is 30.0 Å². The van der Waals surface area contributed by atoms with Crippen LogP contribution in [-0.4, -0.2) is 33.1 Å². The molecule has 0 amide bonds. The molecule has 7 nitrogen and oxygen atoms in total. The molecule has 1 heterocycles. The molecule has 0 aliphatic rings. The lowest BCUT2D eigenvalue weighted by atomic mass is 10.2. The second kappa shape index (κ2) is 7.73. The number of nitrogens with zero attached hydrogens (tertiary/aromatic N) is 3. The summed E-state index contributed by atoms with van der Waals surface area (Å²) in [7, 11) is 0. The molecule has 1 aromatic rings. The number of carbonyl (C=O) groups excluding carboxylic acids is 1. The molecular formula is C11H16ClN3O4. The first-order valence-corrected chi connectivity index (χ1v) is 6.53. The summed E-state index contributed by atoms with van der Waals surface area (Å²) in [5.74, 6) is 0.476. The number of halogens is 1. The monoisotopic (exact) mass is 289 g/mol. The molecule has 0 bridgehead atoms. The van der Waals surface area contributed by atoms with E-state index in [0.29, 0.717) is 12.3 Å². The van der Waals surface area contributed by atoms with E-state index in [-0.39, 0.29) is 18.2 Å². The summed E-state index contributed by atoms with van der Waals surface area (Å²) in [4.78, 5) is 25.5. The molecule has 8 heteroatoms. The maximum absolute atomic E-state index is 11.7. The number of carbonyl (C=O) groups is 1. The van der Waals surface area contributed by atoms with Crippen molar-refractivity contribution in [3.63, 3.8) is 0 Å². The number of alkyl halides is 1. The minimum Gasteiger partial charge on any atom is -0.431 e. The highest BCUT2D eigenvalue weighted by atomic mass is 35.5. The van der Waals surface area contributed by atoms with Crippen molar-refractivity contribution < 1.29 is 14.5 Å². The lowest BCUT2D eigenvalue weighted by Crippen LogP contribution is -2.17. The minimum atomic E-state index is -0.765. The van der Waals surface area contributed by atoms with Gasteiger partial charge in [0.15, 0.2) is 0 Å². The van der Waals surface area contributed by atoms with E-state index >= 15 is 0 Å². The van der Waals surface area contributed by atoms with Gasteiger partial charge in [0.1, 0.15) is 6.20 Å². The van der Waals surface area contributed by atoms with Crippen LogP contribution in [0.2, 0.25) is 0 Å². The lowest BCUT2D eigenvalue weighted by molar-refractivity contribution is -0.391. The molecule has 106 valence electrons. The molecule has 0 N–H and O–H groups in total. The Morgan fingerprint density at radius 2 is 2.16 bits per heavy atom. The molecule has 0 aromatic carbocycles. The molecule has 0 saturated carbocycles. The lowest BCUT2D eigenvalue weighted by Gasteiger charge is -2.03. The fraction of sp³-hybridized carbons (Fsp3) is 0.636. The van der Waals surface area contributed by atoms with Gasteiger partial charge in [-0.1, -0.05) is 12.8 Å². The van der Waals surface area contributed by atoms with Gasteiger partial charge in [-0.3, -0.25) is 0 Å². The van der Waals surface area contributed by atoms with Crippen LogP contribution in [0.15, 0.2) is 6.20 Å². The average Bonchev–Trinajstić information content (AvgIpc) is 2.75. The predicted molar refractivity (Wildman–Crippen MR) is 69.6 cm³/mol. The molecule has 1 aromatic heterocycles. The quantitative estimate of drug-likeness (QED) is 0.333. The van der Waals surface area contributed by atoms with E-state index in [1.54, 1.807) is 0 Å². The molecule has 0 unspecified atom stereocenters. The third-order valence-corrected chi connectivity index (χ3v) is 2.81. The number of ether oxygens (including phenoxy) is 1. The third kappa shape index (κ3) is 4.51. The molecule has 0 aliphatic carbocycles.